The molecular weight excluding hydrogens is 228 g/mol. The standard InChI is InChI=1S/C13H22N4O/c1-2-17-13(15-10-16-17)9-12(18)4-3-11-5-7-14-8-6-11/h10-11,14H,2-9H2,1H3. The van der Waals surface area contributed by atoms with Gasteiger partial charge >= 0.3 is 0 Å². The number of carbonyl (C=O) groups is 1. The van der Waals surface area contributed by atoms with Gasteiger partial charge in [0.05, 0.1) is 6.42 Å². The van der Waals surface area contributed by atoms with Crippen LogP contribution in [0.5, 0.6) is 0 Å². The molecule has 2 rings (SSSR count). The lowest BCUT2D eigenvalue weighted by Crippen LogP contribution is -2.28. The molecule has 2 heterocycles. The number of nitrogens with zero attached hydrogens (tertiary/aromatic N) is 3. The van der Waals surface area contributed by atoms with Crippen molar-refractivity contribution in [1.82, 2.24) is 20.1 Å². The minimum atomic E-state index is 0.288. The van der Waals surface area contributed by atoms with Crippen molar-refractivity contribution in [3.63, 3.8) is 0 Å². The number of piperidine rings is 1. The Hall–Kier alpha value is -1.23. The Balaban J connectivity index is 1.74. The predicted octanol–water partition coefficient (Wildman–Crippen LogP) is 1.19. The lowest BCUT2D eigenvalue weighted by atomic mass is 9.92. The van der Waals surface area contributed by atoms with Crippen LogP contribution in [0.2, 0.25) is 0 Å². The molecule has 5 nitrogen and oxygen atoms in total. The molecule has 1 aliphatic heterocycles. The molecule has 1 fully saturated rings. The Morgan fingerprint density at radius 2 is 2.28 bits per heavy atom. The smallest absolute Gasteiger partial charge is 0.140 e. The lowest BCUT2D eigenvalue weighted by Gasteiger charge is -2.22. The molecule has 18 heavy (non-hydrogen) atoms. The van der Waals surface area contributed by atoms with E-state index in [1.807, 2.05) is 6.92 Å². The van der Waals surface area contributed by atoms with Crippen LogP contribution in [0.1, 0.15) is 38.4 Å². The first-order valence-corrected chi connectivity index (χ1v) is 6.88. The highest BCUT2D eigenvalue weighted by Crippen LogP contribution is 2.18. The SMILES string of the molecule is CCn1ncnc1CC(=O)CCC1CCNCC1. The molecule has 0 unspecified atom stereocenters. The second-order valence-electron chi connectivity index (χ2n) is 4.94. The minimum absolute atomic E-state index is 0.288. The van der Waals surface area contributed by atoms with Crippen molar-refractivity contribution in [1.29, 1.82) is 0 Å². The fraction of sp³-hybridized carbons (Fsp3) is 0.769. The van der Waals surface area contributed by atoms with Crippen molar-refractivity contribution in [3.05, 3.63) is 12.2 Å². The van der Waals surface area contributed by atoms with Crippen molar-refractivity contribution in [2.75, 3.05) is 13.1 Å². The van der Waals surface area contributed by atoms with E-state index in [1.165, 1.54) is 19.2 Å². The first-order chi connectivity index (χ1) is 8.79. The van der Waals surface area contributed by atoms with Crippen LogP contribution >= 0.6 is 0 Å². The topological polar surface area (TPSA) is 59.8 Å². The van der Waals surface area contributed by atoms with E-state index >= 15 is 0 Å². The van der Waals surface area contributed by atoms with Crippen LogP contribution in [0.25, 0.3) is 0 Å². The van der Waals surface area contributed by atoms with Crippen molar-refractivity contribution in [3.8, 4) is 0 Å². The Kier molecular flexibility index (Phi) is 4.87. The molecule has 1 N–H and O–H groups in total. The molecule has 0 aliphatic carbocycles. The van der Waals surface area contributed by atoms with Gasteiger partial charge in [0.15, 0.2) is 0 Å². The van der Waals surface area contributed by atoms with E-state index in [-0.39, 0.29) is 5.78 Å². The number of aromatic nitrogens is 3. The van der Waals surface area contributed by atoms with Gasteiger partial charge in [-0.25, -0.2) is 9.67 Å². The van der Waals surface area contributed by atoms with Crippen LogP contribution in [0, 0.1) is 5.92 Å². The molecule has 0 aromatic carbocycles. The summed E-state index contributed by atoms with van der Waals surface area (Å²) >= 11 is 0. The van der Waals surface area contributed by atoms with Gasteiger partial charge in [-0.15, -0.1) is 0 Å². The number of carbonyl (C=O) groups excluding carboxylic acids is 1. The molecule has 1 saturated heterocycles. The fourth-order valence-electron chi connectivity index (χ4n) is 2.49. The summed E-state index contributed by atoms with van der Waals surface area (Å²) in [5.74, 6) is 1.81. The summed E-state index contributed by atoms with van der Waals surface area (Å²) in [4.78, 5) is 16.1. The van der Waals surface area contributed by atoms with Crippen LogP contribution in [0.3, 0.4) is 0 Å². The van der Waals surface area contributed by atoms with E-state index in [0.717, 1.165) is 37.8 Å². The molecule has 100 valence electrons. The summed E-state index contributed by atoms with van der Waals surface area (Å²) in [5, 5.41) is 7.43. The average molecular weight is 250 g/mol. The number of ketones is 1. The number of hydrogen-bond acceptors (Lipinski definition) is 4. The number of rotatable bonds is 6. The molecule has 1 aliphatic rings. The van der Waals surface area contributed by atoms with Gasteiger partial charge in [-0.3, -0.25) is 4.79 Å². The molecular formula is C13H22N4O. The molecule has 5 heteroatoms. The summed E-state index contributed by atoms with van der Waals surface area (Å²) in [6, 6.07) is 0. The minimum Gasteiger partial charge on any atom is -0.317 e. The van der Waals surface area contributed by atoms with Crippen molar-refractivity contribution in [2.45, 2.75) is 45.6 Å². The van der Waals surface area contributed by atoms with Gasteiger partial charge in [-0.2, -0.15) is 5.10 Å². The molecule has 0 amide bonds. The third-order valence-corrected chi connectivity index (χ3v) is 3.64. The third-order valence-electron chi connectivity index (χ3n) is 3.64. The first-order valence-electron chi connectivity index (χ1n) is 6.88. The normalized spacial score (nSPS) is 16.9. The van der Waals surface area contributed by atoms with E-state index in [1.54, 1.807) is 4.68 Å². The quantitative estimate of drug-likeness (QED) is 0.824. The highest BCUT2D eigenvalue weighted by atomic mass is 16.1. The maximum Gasteiger partial charge on any atom is 0.140 e. The second kappa shape index (κ2) is 6.64. The summed E-state index contributed by atoms with van der Waals surface area (Å²) in [5.41, 5.74) is 0. The second-order valence-corrected chi connectivity index (χ2v) is 4.94. The van der Waals surface area contributed by atoms with Crippen molar-refractivity contribution < 1.29 is 4.79 Å². The Morgan fingerprint density at radius 3 is 3.00 bits per heavy atom. The molecule has 0 spiro atoms. The van der Waals surface area contributed by atoms with E-state index in [2.05, 4.69) is 15.4 Å². The number of aryl methyl sites for hydroxylation is 1. The monoisotopic (exact) mass is 250 g/mol. The number of Topliss-reactive ketones (excluding diaryl/α,β-unsaturated/α-hetero) is 1. The average Bonchev–Trinajstić information content (AvgIpc) is 2.85. The largest absolute Gasteiger partial charge is 0.317 e. The molecule has 1 aromatic heterocycles. The van der Waals surface area contributed by atoms with E-state index in [0.29, 0.717) is 12.8 Å². The van der Waals surface area contributed by atoms with E-state index in [9.17, 15) is 4.79 Å². The van der Waals surface area contributed by atoms with Gasteiger partial charge in [-0.1, -0.05) is 0 Å². The fourth-order valence-corrected chi connectivity index (χ4v) is 2.49. The summed E-state index contributed by atoms with van der Waals surface area (Å²) < 4.78 is 1.79. The van der Waals surface area contributed by atoms with Gasteiger partial charge in [0.25, 0.3) is 0 Å². The number of hydrogen-bond donors (Lipinski definition) is 1. The number of nitrogens with one attached hydrogen (secondary N) is 1. The van der Waals surface area contributed by atoms with Crippen molar-refractivity contribution in [2.24, 2.45) is 5.92 Å². The zero-order valence-corrected chi connectivity index (χ0v) is 11.1. The van der Waals surface area contributed by atoms with Crippen LogP contribution in [0.15, 0.2) is 6.33 Å². The zero-order valence-electron chi connectivity index (χ0n) is 11.1. The lowest BCUT2D eigenvalue weighted by molar-refractivity contribution is -0.118. The Morgan fingerprint density at radius 1 is 1.50 bits per heavy atom. The van der Waals surface area contributed by atoms with Gasteiger partial charge in [0, 0.05) is 13.0 Å². The van der Waals surface area contributed by atoms with Gasteiger partial charge in [0.2, 0.25) is 0 Å². The molecule has 0 bridgehead atoms. The van der Waals surface area contributed by atoms with Crippen LogP contribution in [0.4, 0.5) is 0 Å². The Labute approximate surface area is 108 Å². The summed E-state index contributed by atoms with van der Waals surface area (Å²) in [6.07, 6.45) is 6.08. The Bertz CT molecular complexity index is 382. The van der Waals surface area contributed by atoms with E-state index in [4.69, 9.17) is 0 Å². The molecule has 0 atom stereocenters. The molecule has 0 radical (unpaired) electrons. The van der Waals surface area contributed by atoms with Crippen LogP contribution in [-0.2, 0) is 17.8 Å². The highest BCUT2D eigenvalue weighted by molar-refractivity contribution is 5.80. The third kappa shape index (κ3) is 3.63. The van der Waals surface area contributed by atoms with Gasteiger partial charge in [0.1, 0.15) is 17.9 Å². The molecule has 0 saturated carbocycles. The zero-order chi connectivity index (χ0) is 12.8. The summed E-state index contributed by atoms with van der Waals surface area (Å²) in [6.45, 7) is 4.99. The highest BCUT2D eigenvalue weighted by Gasteiger charge is 2.15. The van der Waals surface area contributed by atoms with Crippen LogP contribution in [-0.4, -0.2) is 33.6 Å². The van der Waals surface area contributed by atoms with Crippen LogP contribution < -0.4 is 5.32 Å². The predicted molar refractivity (Wildman–Crippen MR) is 69.2 cm³/mol. The molecule has 1 aromatic rings. The van der Waals surface area contributed by atoms with E-state index < -0.39 is 0 Å². The van der Waals surface area contributed by atoms with Crippen molar-refractivity contribution >= 4 is 5.78 Å². The summed E-state index contributed by atoms with van der Waals surface area (Å²) in [7, 11) is 0. The maximum atomic E-state index is 11.9. The van der Waals surface area contributed by atoms with Gasteiger partial charge < -0.3 is 5.32 Å². The van der Waals surface area contributed by atoms with Gasteiger partial charge in [-0.05, 0) is 45.2 Å². The first kappa shape index (κ1) is 13.2. The maximum absolute atomic E-state index is 11.9.